The lowest BCUT2D eigenvalue weighted by atomic mass is 10.2. The summed E-state index contributed by atoms with van der Waals surface area (Å²) in [5, 5.41) is 2.63. The molecule has 0 radical (unpaired) electrons. The Labute approximate surface area is 155 Å². The number of carbonyl (C=O) groups excluding carboxylic acids is 2. The number of nitrogens with two attached hydrogens (primary N) is 1. The lowest BCUT2D eigenvalue weighted by Crippen LogP contribution is -2.30. The molecule has 8 heteroatoms. The highest BCUT2D eigenvalue weighted by molar-refractivity contribution is 8.02. The van der Waals surface area contributed by atoms with E-state index >= 15 is 0 Å². The SMILES string of the molecule is COc1ccc(CNC(=O)C(C)Sc2nc(C)c(CC(N)=O)s2)cc1. The van der Waals surface area contributed by atoms with Gasteiger partial charge in [-0.1, -0.05) is 23.9 Å². The number of carbonyl (C=O) groups is 2. The third-order valence-electron chi connectivity index (χ3n) is 3.48. The number of aryl methyl sites for hydroxylation is 1. The molecular weight excluding hydrogens is 358 g/mol. The molecule has 0 aliphatic heterocycles. The first-order valence-corrected chi connectivity index (χ1v) is 9.40. The number of thioether (sulfide) groups is 1. The van der Waals surface area contributed by atoms with Gasteiger partial charge in [0.2, 0.25) is 11.8 Å². The van der Waals surface area contributed by atoms with Gasteiger partial charge in [-0.05, 0) is 31.5 Å². The van der Waals surface area contributed by atoms with Crippen LogP contribution in [-0.2, 0) is 22.6 Å². The lowest BCUT2D eigenvalue weighted by Gasteiger charge is -2.10. The Bertz CT molecular complexity index is 744. The third-order valence-corrected chi connectivity index (χ3v) is 5.83. The monoisotopic (exact) mass is 379 g/mol. The Morgan fingerprint density at radius 1 is 1.36 bits per heavy atom. The van der Waals surface area contributed by atoms with Gasteiger partial charge >= 0.3 is 0 Å². The van der Waals surface area contributed by atoms with Gasteiger partial charge in [0.15, 0.2) is 4.34 Å². The highest BCUT2D eigenvalue weighted by Crippen LogP contribution is 2.30. The summed E-state index contributed by atoms with van der Waals surface area (Å²) in [6, 6.07) is 7.55. The largest absolute Gasteiger partial charge is 0.497 e. The van der Waals surface area contributed by atoms with Crippen LogP contribution in [0.25, 0.3) is 0 Å². The van der Waals surface area contributed by atoms with E-state index < -0.39 is 0 Å². The average molecular weight is 380 g/mol. The van der Waals surface area contributed by atoms with Crippen LogP contribution in [-0.4, -0.2) is 29.2 Å². The Morgan fingerprint density at radius 2 is 2.04 bits per heavy atom. The van der Waals surface area contributed by atoms with Gasteiger partial charge in [0, 0.05) is 11.4 Å². The van der Waals surface area contributed by atoms with Crippen molar-refractivity contribution in [1.82, 2.24) is 10.3 Å². The fraction of sp³-hybridized carbons (Fsp3) is 0.353. The summed E-state index contributed by atoms with van der Waals surface area (Å²) in [4.78, 5) is 28.6. The third kappa shape index (κ3) is 5.75. The average Bonchev–Trinajstić information content (AvgIpc) is 2.91. The number of hydrogen-bond donors (Lipinski definition) is 2. The van der Waals surface area contributed by atoms with Crippen LogP contribution in [0.4, 0.5) is 0 Å². The molecule has 1 aromatic carbocycles. The Balaban J connectivity index is 1.88. The van der Waals surface area contributed by atoms with Crippen molar-refractivity contribution >= 4 is 34.9 Å². The van der Waals surface area contributed by atoms with Crippen molar-refractivity contribution in [2.45, 2.75) is 36.4 Å². The Morgan fingerprint density at radius 3 is 2.64 bits per heavy atom. The molecule has 0 saturated carbocycles. The minimum atomic E-state index is -0.381. The minimum absolute atomic E-state index is 0.0647. The Hall–Kier alpha value is -2.06. The van der Waals surface area contributed by atoms with E-state index in [4.69, 9.17) is 10.5 Å². The number of nitrogens with zero attached hydrogens (tertiary/aromatic N) is 1. The standard InChI is InChI=1S/C17H21N3O3S2/c1-10-14(8-15(18)21)25-17(20-10)24-11(2)16(22)19-9-12-4-6-13(23-3)7-5-12/h4-7,11H,8-9H2,1-3H3,(H2,18,21)(H,19,22). The maximum Gasteiger partial charge on any atom is 0.233 e. The number of hydrogen-bond acceptors (Lipinski definition) is 6. The normalized spacial score (nSPS) is 11.8. The molecule has 0 saturated heterocycles. The zero-order valence-electron chi connectivity index (χ0n) is 14.4. The van der Waals surface area contributed by atoms with Crippen molar-refractivity contribution in [1.29, 1.82) is 0 Å². The second-order valence-electron chi connectivity index (χ2n) is 5.46. The van der Waals surface area contributed by atoms with E-state index in [2.05, 4.69) is 10.3 Å². The first kappa shape index (κ1) is 19.3. The number of nitrogens with one attached hydrogen (secondary N) is 1. The number of methoxy groups -OCH3 is 1. The molecule has 2 aromatic rings. The van der Waals surface area contributed by atoms with E-state index in [1.165, 1.54) is 23.1 Å². The summed E-state index contributed by atoms with van der Waals surface area (Å²) < 4.78 is 5.87. The van der Waals surface area contributed by atoms with Crippen LogP contribution in [0.2, 0.25) is 0 Å². The summed E-state index contributed by atoms with van der Waals surface area (Å²) >= 11 is 2.79. The molecular formula is C17H21N3O3S2. The predicted molar refractivity (Wildman–Crippen MR) is 99.9 cm³/mol. The topological polar surface area (TPSA) is 94.3 Å². The molecule has 1 aromatic heterocycles. The van der Waals surface area contributed by atoms with Crippen LogP contribution < -0.4 is 15.8 Å². The van der Waals surface area contributed by atoms with E-state index in [0.717, 1.165) is 26.2 Å². The van der Waals surface area contributed by atoms with Gasteiger partial charge in [0.25, 0.3) is 0 Å². The van der Waals surface area contributed by atoms with Gasteiger partial charge in [0.05, 0.1) is 24.5 Å². The maximum atomic E-state index is 12.3. The first-order valence-electron chi connectivity index (χ1n) is 7.71. The second kappa shape index (κ2) is 8.87. The van der Waals surface area contributed by atoms with Gasteiger partial charge in [-0.3, -0.25) is 9.59 Å². The second-order valence-corrected chi connectivity index (χ2v) is 8.13. The molecule has 0 bridgehead atoms. The first-order chi connectivity index (χ1) is 11.9. The molecule has 0 spiro atoms. The molecule has 1 heterocycles. The summed E-state index contributed by atoms with van der Waals surface area (Å²) in [5.74, 6) is 0.337. The smallest absolute Gasteiger partial charge is 0.233 e. The summed E-state index contributed by atoms with van der Waals surface area (Å²) in [7, 11) is 1.62. The van der Waals surface area contributed by atoms with E-state index in [0.29, 0.717) is 6.54 Å². The van der Waals surface area contributed by atoms with Crippen LogP contribution in [0.1, 0.15) is 23.1 Å². The predicted octanol–water partition coefficient (Wildman–Crippen LogP) is 2.28. The lowest BCUT2D eigenvalue weighted by molar-refractivity contribution is -0.120. The van der Waals surface area contributed by atoms with E-state index in [9.17, 15) is 9.59 Å². The van der Waals surface area contributed by atoms with E-state index in [1.54, 1.807) is 7.11 Å². The fourth-order valence-corrected chi connectivity index (χ4v) is 4.47. The van der Waals surface area contributed by atoms with Crippen LogP contribution >= 0.6 is 23.1 Å². The molecule has 6 nitrogen and oxygen atoms in total. The van der Waals surface area contributed by atoms with Gasteiger partial charge in [0.1, 0.15) is 5.75 Å². The van der Waals surface area contributed by atoms with Crippen LogP contribution in [0.5, 0.6) is 5.75 Å². The molecule has 2 rings (SSSR count). The Kier molecular flexibility index (Phi) is 6.83. The molecule has 3 N–H and O–H groups in total. The zero-order valence-corrected chi connectivity index (χ0v) is 16.0. The molecule has 0 aliphatic rings. The van der Waals surface area contributed by atoms with Crippen molar-refractivity contribution in [2.24, 2.45) is 5.73 Å². The molecule has 0 aliphatic carbocycles. The molecule has 1 unspecified atom stereocenters. The van der Waals surface area contributed by atoms with Crippen molar-refractivity contribution in [3.8, 4) is 5.75 Å². The molecule has 0 fully saturated rings. The summed E-state index contributed by atoms with van der Waals surface area (Å²) in [6.45, 7) is 4.13. The molecule has 1 atom stereocenters. The highest BCUT2D eigenvalue weighted by atomic mass is 32.2. The minimum Gasteiger partial charge on any atom is -0.497 e. The number of benzene rings is 1. The van der Waals surface area contributed by atoms with E-state index in [1.807, 2.05) is 38.1 Å². The van der Waals surface area contributed by atoms with Gasteiger partial charge in [-0.25, -0.2) is 4.98 Å². The van der Waals surface area contributed by atoms with Crippen molar-refractivity contribution in [2.75, 3.05) is 7.11 Å². The summed E-state index contributed by atoms with van der Waals surface area (Å²) in [6.07, 6.45) is 0.183. The number of amides is 2. The van der Waals surface area contributed by atoms with Crippen LogP contribution in [0, 0.1) is 6.92 Å². The van der Waals surface area contributed by atoms with Crippen LogP contribution in [0.15, 0.2) is 28.6 Å². The van der Waals surface area contributed by atoms with E-state index in [-0.39, 0.29) is 23.5 Å². The van der Waals surface area contributed by atoms with Crippen molar-refractivity contribution in [3.63, 3.8) is 0 Å². The fourth-order valence-electron chi connectivity index (χ4n) is 2.06. The maximum absolute atomic E-state index is 12.3. The van der Waals surface area contributed by atoms with Gasteiger partial charge < -0.3 is 15.8 Å². The highest BCUT2D eigenvalue weighted by Gasteiger charge is 2.18. The number of aromatic nitrogens is 1. The summed E-state index contributed by atoms with van der Waals surface area (Å²) in [5.41, 5.74) is 7.02. The van der Waals surface area contributed by atoms with Crippen molar-refractivity contribution < 1.29 is 14.3 Å². The molecule has 2 amide bonds. The van der Waals surface area contributed by atoms with Gasteiger partial charge in [-0.2, -0.15) is 0 Å². The zero-order chi connectivity index (χ0) is 18.4. The number of rotatable bonds is 8. The quantitative estimate of drug-likeness (QED) is 0.686. The molecule has 134 valence electrons. The number of primary amides is 1. The van der Waals surface area contributed by atoms with Gasteiger partial charge in [-0.15, -0.1) is 11.3 Å². The molecule has 25 heavy (non-hydrogen) atoms. The van der Waals surface area contributed by atoms with Crippen LogP contribution in [0.3, 0.4) is 0 Å². The van der Waals surface area contributed by atoms with Crippen molar-refractivity contribution in [3.05, 3.63) is 40.4 Å². The number of thiazole rings is 1. The number of ether oxygens (including phenoxy) is 1.